The average Bonchev–Trinajstić information content (AvgIpc) is 3.39. The lowest BCUT2D eigenvalue weighted by molar-refractivity contribution is 0.102. The van der Waals surface area contributed by atoms with Crippen LogP contribution in [0.15, 0.2) is 36.7 Å². The second-order valence-electron chi connectivity index (χ2n) is 10.7. The molecule has 1 amide bonds. The normalized spacial score (nSPS) is 21.7. The molecular weight excluding hydrogens is 452 g/mol. The van der Waals surface area contributed by atoms with Gasteiger partial charge in [0.05, 0.1) is 22.9 Å². The van der Waals surface area contributed by atoms with Crippen LogP contribution in [0.1, 0.15) is 66.2 Å². The number of nitrogens with one attached hydrogen (secondary N) is 3. The third-order valence-electron chi connectivity index (χ3n) is 7.52. The summed E-state index contributed by atoms with van der Waals surface area (Å²) in [6.07, 6.45) is 3.89. The maximum atomic E-state index is 13.4. The highest BCUT2D eigenvalue weighted by molar-refractivity contribution is 6.03. The Morgan fingerprint density at radius 3 is 2.81 bits per heavy atom. The Morgan fingerprint density at radius 2 is 2.11 bits per heavy atom. The van der Waals surface area contributed by atoms with E-state index in [0.717, 1.165) is 47.7 Å². The Hall–Kier alpha value is -3.77. The van der Waals surface area contributed by atoms with Crippen molar-refractivity contribution in [1.82, 2.24) is 25.1 Å². The summed E-state index contributed by atoms with van der Waals surface area (Å²) in [5.74, 6) is 0.966. The van der Waals surface area contributed by atoms with Gasteiger partial charge in [0.2, 0.25) is 0 Å². The van der Waals surface area contributed by atoms with Crippen molar-refractivity contribution in [1.29, 1.82) is 5.26 Å². The van der Waals surface area contributed by atoms with E-state index in [9.17, 15) is 10.1 Å². The Morgan fingerprint density at radius 1 is 1.31 bits per heavy atom. The number of fused-ring (bicyclic) bond motifs is 1. The van der Waals surface area contributed by atoms with Crippen molar-refractivity contribution in [2.75, 3.05) is 24.2 Å². The highest BCUT2D eigenvalue weighted by Crippen LogP contribution is 2.53. The molecule has 0 saturated heterocycles. The summed E-state index contributed by atoms with van der Waals surface area (Å²) in [4.78, 5) is 18.1. The molecule has 2 aromatic heterocycles. The Bertz CT molecular complexity index is 1350. The summed E-state index contributed by atoms with van der Waals surface area (Å²) < 4.78 is 1.95. The molecule has 1 aliphatic carbocycles. The lowest BCUT2D eigenvalue weighted by Crippen LogP contribution is -2.44. The highest BCUT2D eigenvalue weighted by Gasteiger charge is 2.49. The van der Waals surface area contributed by atoms with Crippen LogP contribution in [0.4, 0.5) is 11.4 Å². The molecule has 9 heteroatoms. The minimum absolute atomic E-state index is 0.152. The van der Waals surface area contributed by atoms with Crippen LogP contribution in [-0.2, 0) is 24.4 Å². The standard InChI is InChI=1S/C27H32N8O/c1-26(2)15-30-22-18(14-29-3)10-21(33-23(22)26)24(36)32-20-7-5-6-19(11-20)27(12-17(13-27)8-9-28)25-34-31-16-35(25)4/h5-7,10-11,16-17,29-30H,8,12-15H2,1-4H3,(H,32,36)/t17-,27+. The zero-order valence-corrected chi connectivity index (χ0v) is 21.2. The van der Waals surface area contributed by atoms with Gasteiger partial charge < -0.3 is 20.5 Å². The molecule has 1 fully saturated rings. The van der Waals surface area contributed by atoms with E-state index in [1.165, 1.54) is 0 Å². The van der Waals surface area contributed by atoms with Crippen molar-refractivity contribution in [3.63, 3.8) is 0 Å². The van der Waals surface area contributed by atoms with Gasteiger partial charge in [-0.25, -0.2) is 4.98 Å². The Balaban J connectivity index is 1.45. The number of nitrogens with zero attached hydrogens (tertiary/aromatic N) is 5. The molecule has 9 nitrogen and oxygen atoms in total. The number of rotatable bonds is 7. The fourth-order valence-electron chi connectivity index (χ4n) is 5.68. The van der Waals surface area contributed by atoms with Crippen LogP contribution in [0.2, 0.25) is 0 Å². The molecule has 3 heterocycles. The average molecular weight is 485 g/mol. The summed E-state index contributed by atoms with van der Waals surface area (Å²) >= 11 is 0. The molecule has 0 bridgehead atoms. The predicted molar refractivity (Wildman–Crippen MR) is 138 cm³/mol. The van der Waals surface area contributed by atoms with E-state index in [1.807, 2.05) is 42.9 Å². The zero-order chi connectivity index (χ0) is 25.5. The molecule has 0 spiro atoms. The quantitative estimate of drug-likeness (QED) is 0.469. The summed E-state index contributed by atoms with van der Waals surface area (Å²) in [5.41, 5.74) is 4.68. The topological polar surface area (TPSA) is 121 Å². The van der Waals surface area contributed by atoms with Gasteiger partial charge >= 0.3 is 0 Å². The summed E-state index contributed by atoms with van der Waals surface area (Å²) in [7, 11) is 3.84. The third kappa shape index (κ3) is 4.01. The van der Waals surface area contributed by atoms with Gasteiger partial charge in [0, 0.05) is 37.7 Å². The number of anilines is 2. The van der Waals surface area contributed by atoms with Crippen molar-refractivity contribution < 1.29 is 4.79 Å². The first-order valence-corrected chi connectivity index (χ1v) is 12.3. The molecular formula is C27H32N8O. The molecule has 3 aromatic rings. The van der Waals surface area contributed by atoms with Crippen molar-refractivity contribution in [2.24, 2.45) is 13.0 Å². The zero-order valence-electron chi connectivity index (χ0n) is 21.2. The summed E-state index contributed by atoms with van der Waals surface area (Å²) in [5, 5.41) is 27.4. The number of amides is 1. The molecule has 186 valence electrons. The van der Waals surface area contributed by atoms with Gasteiger partial charge in [-0.1, -0.05) is 26.0 Å². The van der Waals surface area contributed by atoms with E-state index >= 15 is 0 Å². The van der Waals surface area contributed by atoms with E-state index in [0.29, 0.717) is 30.3 Å². The minimum atomic E-state index is -0.324. The van der Waals surface area contributed by atoms with E-state index < -0.39 is 0 Å². The van der Waals surface area contributed by atoms with Gasteiger partial charge in [-0.15, -0.1) is 10.2 Å². The van der Waals surface area contributed by atoms with Crippen molar-refractivity contribution in [3.8, 4) is 6.07 Å². The number of aryl methyl sites for hydroxylation is 1. The van der Waals surface area contributed by atoms with Crippen LogP contribution < -0.4 is 16.0 Å². The minimum Gasteiger partial charge on any atom is -0.382 e. The van der Waals surface area contributed by atoms with Crippen LogP contribution in [-0.4, -0.2) is 39.2 Å². The first-order valence-electron chi connectivity index (χ1n) is 12.3. The molecule has 1 saturated carbocycles. The van der Waals surface area contributed by atoms with Crippen LogP contribution >= 0.6 is 0 Å². The molecule has 36 heavy (non-hydrogen) atoms. The predicted octanol–water partition coefficient (Wildman–Crippen LogP) is 3.49. The van der Waals surface area contributed by atoms with Crippen molar-refractivity contribution in [3.05, 3.63) is 65.0 Å². The van der Waals surface area contributed by atoms with Crippen LogP contribution in [0, 0.1) is 17.2 Å². The fourth-order valence-corrected chi connectivity index (χ4v) is 5.68. The molecule has 5 rings (SSSR count). The first-order chi connectivity index (χ1) is 17.3. The molecule has 0 radical (unpaired) electrons. The van der Waals surface area contributed by atoms with Crippen LogP contribution in [0.3, 0.4) is 0 Å². The Kier molecular flexibility index (Phi) is 6.00. The number of pyridine rings is 1. The van der Waals surface area contributed by atoms with Crippen LogP contribution in [0.25, 0.3) is 0 Å². The van der Waals surface area contributed by atoms with Gasteiger partial charge in [-0.05, 0) is 55.1 Å². The van der Waals surface area contributed by atoms with Crippen molar-refractivity contribution >= 4 is 17.3 Å². The molecule has 3 N–H and O–H groups in total. The van der Waals surface area contributed by atoms with Gasteiger partial charge in [0.25, 0.3) is 5.91 Å². The second kappa shape index (κ2) is 9.03. The molecule has 1 aromatic carbocycles. The van der Waals surface area contributed by atoms with E-state index in [4.69, 9.17) is 4.98 Å². The first kappa shape index (κ1) is 23.9. The van der Waals surface area contributed by atoms with Crippen LogP contribution in [0.5, 0.6) is 0 Å². The number of carbonyl (C=O) groups excluding carboxylic acids is 1. The molecule has 2 aliphatic rings. The number of hydrogen-bond donors (Lipinski definition) is 3. The molecule has 0 unspecified atom stereocenters. The van der Waals surface area contributed by atoms with Gasteiger partial charge in [-0.3, -0.25) is 4.79 Å². The van der Waals surface area contributed by atoms with Gasteiger partial charge in [0.1, 0.15) is 17.8 Å². The largest absolute Gasteiger partial charge is 0.382 e. The number of carbonyl (C=O) groups is 1. The Labute approximate surface area is 211 Å². The fraction of sp³-hybridized carbons (Fsp3) is 0.444. The summed E-state index contributed by atoms with van der Waals surface area (Å²) in [6, 6.07) is 12.1. The van der Waals surface area contributed by atoms with E-state index in [2.05, 4.69) is 52.1 Å². The number of benzene rings is 1. The molecule has 1 aliphatic heterocycles. The lowest BCUT2D eigenvalue weighted by atomic mass is 9.57. The number of hydrogen-bond acceptors (Lipinski definition) is 7. The highest BCUT2D eigenvalue weighted by atomic mass is 16.1. The maximum absolute atomic E-state index is 13.4. The summed E-state index contributed by atoms with van der Waals surface area (Å²) in [6.45, 7) is 5.71. The SMILES string of the molecule is CNCc1cc(C(=O)Nc2cccc([C@]3(c4nncn4C)C[C@@H](CC#N)C3)c2)nc2c1NCC2(C)C. The maximum Gasteiger partial charge on any atom is 0.274 e. The third-order valence-corrected chi connectivity index (χ3v) is 7.52. The van der Waals surface area contributed by atoms with Gasteiger partial charge in [-0.2, -0.15) is 5.26 Å². The second-order valence-corrected chi connectivity index (χ2v) is 10.7. The van der Waals surface area contributed by atoms with Gasteiger partial charge in [0.15, 0.2) is 0 Å². The van der Waals surface area contributed by atoms with E-state index in [-0.39, 0.29) is 16.7 Å². The monoisotopic (exact) mass is 484 g/mol. The number of aromatic nitrogens is 4. The van der Waals surface area contributed by atoms with E-state index in [1.54, 1.807) is 6.33 Å². The number of nitriles is 1. The van der Waals surface area contributed by atoms with Crippen molar-refractivity contribution in [2.45, 2.75) is 50.5 Å². The lowest BCUT2D eigenvalue weighted by Gasteiger charge is -2.46. The molecule has 0 atom stereocenters. The smallest absolute Gasteiger partial charge is 0.274 e.